The van der Waals surface area contributed by atoms with Gasteiger partial charge in [0.1, 0.15) is 6.61 Å². The molecule has 0 aromatic heterocycles. The number of esters is 3. The van der Waals surface area contributed by atoms with E-state index in [9.17, 15) is 14.4 Å². The van der Waals surface area contributed by atoms with Gasteiger partial charge in [0.05, 0.1) is 0 Å². The molecule has 110 valence electrons. The fraction of sp³-hybridized carbons (Fsp3) is 0.267. The Bertz CT molecular complexity index is 578. The van der Waals surface area contributed by atoms with E-state index in [2.05, 4.69) is 0 Å². The van der Waals surface area contributed by atoms with Gasteiger partial charge in [0.25, 0.3) is 5.79 Å². The first-order valence-electron chi connectivity index (χ1n) is 6.26. The van der Waals surface area contributed by atoms with Gasteiger partial charge in [-0.25, -0.2) is 14.4 Å². The molecule has 1 heterocycles. The topological polar surface area (TPSA) is 78.9 Å². The number of benzene rings is 1. The second-order valence-corrected chi connectivity index (χ2v) is 4.83. The average Bonchev–Trinajstić information content (AvgIpc) is 2.41. The van der Waals surface area contributed by atoms with Crippen LogP contribution in [-0.2, 0) is 35.2 Å². The van der Waals surface area contributed by atoms with Gasteiger partial charge in [0.15, 0.2) is 5.57 Å². The summed E-state index contributed by atoms with van der Waals surface area (Å²) in [6.07, 6.45) is 0.781. The molecule has 1 aliphatic rings. The molecule has 1 fully saturated rings. The van der Waals surface area contributed by atoms with Crippen molar-refractivity contribution < 1.29 is 28.6 Å². The molecule has 0 amide bonds. The maximum absolute atomic E-state index is 11.6. The largest absolute Gasteiger partial charge is 0.458 e. The van der Waals surface area contributed by atoms with Gasteiger partial charge < -0.3 is 14.2 Å². The number of carbonyl (C=O) groups excluding carboxylic acids is 3. The van der Waals surface area contributed by atoms with Crippen molar-refractivity contribution >= 4 is 17.9 Å². The Morgan fingerprint density at radius 3 is 2.29 bits per heavy atom. The summed E-state index contributed by atoms with van der Waals surface area (Å²) < 4.78 is 14.7. The summed E-state index contributed by atoms with van der Waals surface area (Å²) in [6.45, 7) is 2.89. The van der Waals surface area contributed by atoms with Gasteiger partial charge in [-0.1, -0.05) is 30.3 Å². The highest BCUT2D eigenvalue weighted by molar-refractivity contribution is 6.18. The third kappa shape index (κ3) is 3.92. The van der Waals surface area contributed by atoms with Crippen LogP contribution in [-0.4, -0.2) is 23.7 Å². The van der Waals surface area contributed by atoms with Gasteiger partial charge in [0.2, 0.25) is 0 Å². The zero-order valence-corrected chi connectivity index (χ0v) is 11.6. The van der Waals surface area contributed by atoms with Crippen molar-refractivity contribution in [3.63, 3.8) is 0 Å². The normalized spacial score (nSPS) is 16.8. The van der Waals surface area contributed by atoms with E-state index in [0.29, 0.717) is 0 Å². The summed E-state index contributed by atoms with van der Waals surface area (Å²) in [5.74, 6) is -3.97. The third-order valence-electron chi connectivity index (χ3n) is 2.60. The number of carbonyl (C=O) groups is 3. The first-order valence-corrected chi connectivity index (χ1v) is 6.26. The van der Waals surface area contributed by atoms with E-state index in [4.69, 9.17) is 14.2 Å². The van der Waals surface area contributed by atoms with Crippen LogP contribution in [0, 0.1) is 0 Å². The summed E-state index contributed by atoms with van der Waals surface area (Å²) in [4.78, 5) is 34.9. The lowest BCUT2D eigenvalue weighted by atomic mass is 10.2. The van der Waals surface area contributed by atoms with E-state index < -0.39 is 29.3 Å². The highest BCUT2D eigenvalue weighted by atomic mass is 16.7. The highest BCUT2D eigenvalue weighted by Crippen LogP contribution is 2.22. The van der Waals surface area contributed by atoms with Gasteiger partial charge in [-0.15, -0.1) is 0 Å². The van der Waals surface area contributed by atoms with Crippen LogP contribution in [0.4, 0.5) is 0 Å². The van der Waals surface area contributed by atoms with Crippen molar-refractivity contribution in [1.82, 2.24) is 0 Å². The second-order valence-electron chi connectivity index (χ2n) is 4.83. The van der Waals surface area contributed by atoms with Crippen molar-refractivity contribution in [2.75, 3.05) is 0 Å². The number of ether oxygens (including phenoxy) is 3. The van der Waals surface area contributed by atoms with E-state index >= 15 is 0 Å². The second kappa shape index (κ2) is 5.78. The highest BCUT2D eigenvalue weighted by Gasteiger charge is 2.39. The Morgan fingerprint density at radius 1 is 1.14 bits per heavy atom. The minimum absolute atomic E-state index is 0.0407. The summed E-state index contributed by atoms with van der Waals surface area (Å²) >= 11 is 0. The Morgan fingerprint density at radius 2 is 1.71 bits per heavy atom. The molecule has 0 saturated carbocycles. The molecular weight excluding hydrogens is 276 g/mol. The molecule has 0 radical (unpaired) electrons. The molecule has 0 aliphatic carbocycles. The summed E-state index contributed by atoms with van der Waals surface area (Å²) in [5.41, 5.74) is 0.312. The fourth-order valence-corrected chi connectivity index (χ4v) is 1.67. The Kier molecular flexibility index (Phi) is 4.07. The maximum atomic E-state index is 11.6. The maximum Gasteiger partial charge on any atom is 0.349 e. The monoisotopic (exact) mass is 290 g/mol. The van der Waals surface area contributed by atoms with Gasteiger partial charge in [-0.2, -0.15) is 0 Å². The van der Waals surface area contributed by atoms with Gasteiger partial charge in [0, 0.05) is 19.9 Å². The Hall–Kier alpha value is -2.63. The van der Waals surface area contributed by atoms with Crippen molar-refractivity contribution in [3.8, 4) is 0 Å². The number of hydrogen-bond acceptors (Lipinski definition) is 6. The first kappa shape index (κ1) is 14.8. The van der Waals surface area contributed by atoms with Crippen LogP contribution in [0.15, 0.2) is 42.0 Å². The first-order chi connectivity index (χ1) is 9.87. The van der Waals surface area contributed by atoms with Crippen LogP contribution >= 0.6 is 0 Å². The minimum atomic E-state index is -1.33. The Balaban J connectivity index is 2.00. The van der Waals surface area contributed by atoms with Crippen LogP contribution in [0.5, 0.6) is 0 Å². The van der Waals surface area contributed by atoms with Crippen LogP contribution in [0.3, 0.4) is 0 Å². The summed E-state index contributed by atoms with van der Waals surface area (Å²) in [7, 11) is 0. The molecule has 1 aromatic rings. The van der Waals surface area contributed by atoms with Gasteiger partial charge in [-0.3, -0.25) is 0 Å². The zero-order chi connectivity index (χ0) is 15.5. The van der Waals surface area contributed by atoms with Crippen LogP contribution in [0.2, 0.25) is 0 Å². The summed E-state index contributed by atoms with van der Waals surface area (Å²) in [6, 6.07) is 9.01. The van der Waals surface area contributed by atoms with Crippen molar-refractivity contribution in [1.29, 1.82) is 0 Å². The molecule has 1 saturated heterocycles. The van der Waals surface area contributed by atoms with E-state index in [1.807, 2.05) is 6.07 Å². The average molecular weight is 290 g/mol. The van der Waals surface area contributed by atoms with Crippen molar-refractivity contribution in [2.24, 2.45) is 0 Å². The van der Waals surface area contributed by atoms with Crippen molar-refractivity contribution in [2.45, 2.75) is 26.2 Å². The molecular formula is C15H14O6. The predicted molar refractivity (Wildman–Crippen MR) is 70.6 cm³/mol. The smallest absolute Gasteiger partial charge is 0.349 e. The molecule has 1 aromatic carbocycles. The molecule has 2 rings (SSSR count). The van der Waals surface area contributed by atoms with Gasteiger partial charge >= 0.3 is 17.9 Å². The predicted octanol–water partition coefficient (Wildman–Crippen LogP) is 1.49. The quantitative estimate of drug-likeness (QED) is 0.477. The molecule has 6 heteroatoms. The number of rotatable bonds is 3. The third-order valence-corrected chi connectivity index (χ3v) is 2.60. The van der Waals surface area contributed by atoms with Crippen LogP contribution in [0.25, 0.3) is 0 Å². The molecule has 0 unspecified atom stereocenters. The lowest BCUT2D eigenvalue weighted by molar-refractivity contribution is -0.222. The van der Waals surface area contributed by atoms with Crippen molar-refractivity contribution in [3.05, 3.63) is 47.5 Å². The lowest BCUT2D eigenvalue weighted by Crippen LogP contribution is -2.42. The molecule has 6 nitrogen and oxygen atoms in total. The van der Waals surface area contributed by atoms with E-state index in [0.717, 1.165) is 11.6 Å². The minimum Gasteiger partial charge on any atom is -0.458 e. The number of cyclic esters (lactones) is 2. The number of hydrogen-bond donors (Lipinski definition) is 0. The van der Waals surface area contributed by atoms with E-state index in [-0.39, 0.29) is 6.61 Å². The molecule has 1 aliphatic heterocycles. The zero-order valence-electron chi connectivity index (χ0n) is 11.6. The van der Waals surface area contributed by atoms with Crippen LogP contribution in [0.1, 0.15) is 19.4 Å². The molecule has 0 N–H and O–H groups in total. The SMILES string of the molecule is CC1(C)OC(=O)C(=CC(=O)OCc2ccccc2)C(=O)O1. The Labute approximate surface area is 121 Å². The summed E-state index contributed by atoms with van der Waals surface area (Å²) in [5, 5.41) is 0. The van der Waals surface area contributed by atoms with E-state index in [1.165, 1.54) is 13.8 Å². The van der Waals surface area contributed by atoms with E-state index in [1.54, 1.807) is 24.3 Å². The molecule has 0 bridgehead atoms. The van der Waals surface area contributed by atoms with Gasteiger partial charge in [-0.05, 0) is 5.56 Å². The fourth-order valence-electron chi connectivity index (χ4n) is 1.67. The van der Waals surface area contributed by atoms with Crippen LogP contribution < -0.4 is 0 Å². The molecule has 0 spiro atoms. The molecule has 0 atom stereocenters. The molecule has 21 heavy (non-hydrogen) atoms. The lowest BCUT2D eigenvalue weighted by Gasteiger charge is -2.29. The standard InChI is InChI=1S/C15H14O6/c1-15(2)20-13(17)11(14(18)21-15)8-12(16)19-9-10-6-4-3-5-7-10/h3-8H,9H2,1-2H3.